The van der Waals surface area contributed by atoms with Crippen molar-refractivity contribution >= 4 is 23.3 Å². The lowest BCUT2D eigenvalue weighted by Crippen LogP contribution is -2.34. The second-order valence-electron chi connectivity index (χ2n) is 5.76. The Hall–Kier alpha value is -2.01. The molecule has 1 saturated heterocycles. The Morgan fingerprint density at radius 3 is 3.13 bits per heavy atom. The van der Waals surface area contributed by atoms with E-state index >= 15 is 0 Å². The summed E-state index contributed by atoms with van der Waals surface area (Å²) in [5.41, 5.74) is 1.53. The molecular formula is C17H20ClN3O2. The number of aryl methyl sites for hydroxylation is 1. The molecule has 2 amide bonds. The van der Waals surface area contributed by atoms with E-state index in [0.29, 0.717) is 17.3 Å². The summed E-state index contributed by atoms with van der Waals surface area (Å²) in [7, 11) is 0. The van der Waals surface area contributed by atoms with Gasteiger partial charge in [-0.15, -0.1) is 0 Å². The molecule has 1 aliphatic heterocycles. The number of urea groups is 1. The molecule has 2 heterocycles. The Balaban J connectivity index is 1.71. The SMILES string of the molecule is CCCc1cc([C@@H]2CCCN2C(=O)Nc2cccc(Cl)c2)no1. The molecule has 0 bridgehead atoms. The molecule has 1 aromatic heterocycles. The van der Waals surface area contributed by atoms with Crippen LogP contribution in [0.5, 0.6) is 0 Å². The van der Waals surface area contributed by atoms with Crippen LogP contribution in [0.4, 0.5) is 10.5 Å². The van der Waals surface area contributed by atoms with E-state index in [-0.39, 0.29) is 12.1 Å². The van der Waals surface area contributed by atoms with Crippen LogP contribution < -0.4 is 5.32 Å². The van der Waals surface area contributed by atoms with Crippen molar-refractivity contribution in [2.45, 2.75) is 38.6 Å². The zero-order valence-corrected chi connectivity index (χ0v) is 13.8. The summed E-state index contributed by atoms with van der Waals surface area (Å²) in [6.07, 6.45) is 3.75. The van der Waals surface area contributed by atoms with Crippen LogP contribution >= 0.6 is 11.6 Å². The van der Waals surface area contributed by atoms with E-state index in [1.165, 1.54) is 0 Å². The van der Waals surface area contributed by atoms with Crippen LogP contribution in [0.15, 0.2) is 34.9 Å². The van der Waals surface area contributed by atoms with E-state index in [9.17, 15) is 4.79 Å². The number of hydrogen-bond donors (Lipinski definition) is 1. The molecule has 1 atom stereocenters. The van der Waals surface area contributed by atoms with Gasteiger partial charge in [0.05, 0.1) is 6.04 Å². The van der Waals surface area contributed by atoms with Crippen molar-refractivity contribution in [3.05, 3.63) is 46.8 Å². The molecule has 2 aromatic rings. The van der Waals surface area contributed by atoms with Gasteiger partial charge >= 0.3 is 6.03 Å². The largest absolute Gasteiger partial charge is 0.361 e. The molecule has 0 saturated carbocycles. The molecule has 1 N–H and O–H groups in total. The van der Waals surface area contributed by atoms with Crippen molar-refractivity contribution in [2.24, 2.45) is 0 Å². The van der Waals surface area contributed by atoms with Gasteiger partial charge in [-0.05, 0) is 37.5 Å². The summed E-state index contributed by atoms with van der Waals surface area (Å²) in [4.78, 5) is 14.4. The summed E-state index contributed by atoms with van der Waals surface area (Å²) in [6, 6.07) is 8.97. The minimum atomic E-state index is -0.130. The van der Waals surface area contributed by atoms with Crippen LogP contribution in [-0.4, -0.2) is 22.6 Å². The third kappa shape index (κ3) is 3.67. The fraction of sp³-hybridized carbons (Fsp3) is 0.412. The second kappa shape index (κ2) is 7.04. The lowest BCUT2D eigenvalue weighted by atomic mass is 10.1. The molecule has 1 fully saturated rings. The highest BCUT2D eigenvalue weighted by Crippen LogP contribution is 2.32. The molecule has 3 rings (SSSR count). The van der Waals surface area contributed by atoms with Crippen LogP contribution in [-0.2, 0) is 6.42 Å². The highest BCUT2D eigenvalue weighted by atomic mass is 35.5. The first kappa shape index (κ1) is 15.9. The standard InChI is InChI=1S/C17H20ClN3O2/c1-2-5-14-11-15(20-23-14)16-8-4-9-21(16)17(22)19-13-7-3-6-12(18)10-13/h3,6-7,10-11,16H,2,4-5,8-9H2,1H3,(H,19,22)/t16-/m0/s1. The van der Waals surface area contributed by atoms with Crippen molar-refractivity contribution in [3.63, 3.8) is 0 Å². The average molecular weight is 334 g/mol. The summed E-state index contributed by atoms with van der Waals surface area (Å²) in [5, 5.41) is 7.65. The molecular weight excluding hydrogens is 314 g/mol. The van der Waals surface area contributed by atoms with Crippen LogP contribution in [0.2, 0.25) is 5.02 Å². The number of anilines is 1. The van der Waals surface area contributed by atoms with Gasteiger partial charge in [-0.1, -0.05) is 29.7 Å². The minimum absolute atomic E-state index is 0.0245. The molecule has 1 aromatic carbocycles. The van der Waals surface area contributed by atoms with Crippen molar-refractivity contribution in [3.8, 4) is 0 Å². The molecule has 0 unspecified atom stereocenters. The Morgan fingerprint density at radius 1 is 1.48 bits per heavy atom. The van der Waals surface area contributed by atoms with E-state index in [1.54, 1.807) is 12.1 Å². The quantitative estimate of drug-likeness (QED) is 0.886. The predicted molar refractivity (Wildman–Crippen MR) is 89.6 cm³/mol. The number of carbonyl (C=O) groups excluding carboxylic acids is 1. The number of hydrogen-bond acceptors (Lipinski definition) is 3. The maximum Gasteiger partial charge on any atom is 0.322 e. The van der Waals surface area contributed by atoms with Crippen LogP contribution in [0.3, 0.4) is 0 Å². The van der Waals surface area contributed by atoms with Crippen LogP contribution in [0, 0.1) is 0 Å². The van der Waals surface area contributed by atoms with Crippen molar-refractivity contribution < 1.29 is 9.32 Å². The van der Waals surface area contributed by atoms with Crippen LogP contribution in [0.25, 0.3) is 0 Å². The summed E-state index contributed by atoms with van der Waals surface area (Å²) >= 11 is 5.96. The Bertz CT molecular complexity index is 686. The topological polar surface area (TPSA) is 58.4 Å². The van der Waals surface area contributed by atoms with Gasteiger partial charge in [0.15, 0.2) is 0 Å². The number of nitrogens with zero attached hydrogens (tertiary/aromatic N) is 2. The van der Waals surface area contributed by atoms with Gasteiger partial charge in [0.1, 0.15) is 11.5 Å². The van der Waals surface area contributed by atoms with E-state index in [2.05, 4.69) is 17.4 Å². The Labute approximate surface area is 140 Å². The molecule has 0 aliphatic carbocycles. The maximum absolute atomic E-state index is 12.6. The molecule has 1 aliphatic rings. The lowest BCUT2D eigenvalue weighted by Gasteiger charge is -2.23. The first-order chi connectivity index (χ1) is 11.2. The zero-order valence-electron chi connectivity index (χ0n) is 13.1. The van der Waals surface area contributed by atoms with E-state index < -0.39 is 0 Å². The molecule has 5 nitrogen and oxygen atoms in total. The summed E-state index contributed by atoms with van der Waals surface area (Å²) < 4.78 is 5.35. The van der Waals surface area contributed by atoms with Gasteiger partial charge in [-0.3, -0.25) is 0 Å². The third-order valence-corrected chi connectivity index (χ3v) is 4.24. The van der Waals surface area contributed by atoms with Crippen LogP contribution in [0.1, 0.15) is 43.7 Å². The lowest BCUT2D eigenvalue weighted by molar-refractivity contribution is 0.204. The monoisotopic (exact) mass is 333 g/mol. The fourth-order valence-electron chi connectivity index (χ4n) is 2.93. The summed E-state index contributed by atoms with van der Waals surface area (Å²) in [6.45, 7) is 2.82. The fourth-order valence-corrected chi connectivity index (χ4v) is 3.12. The van der Waals surface area contributed by atoms with E-state index in [0.717, 1.165) is 37.1 Å². The van der Waals surface area contributed by atoms with Gasteiger partial charge in [0, 0.05) is 29.7 Å². The van der Waals surface area contributed by atoms with Gasteiger partial charge in [0.2, 0.25) is 0 Å². The smallest absolute Gasteiger partial charge is 0.322 e. The first-order valence-electron chi connectivity index (χ1n) is 7.96. The zero-order chi connectivity index (χ0) is 16.2. The second-order valence-corrected chi connectivity index (χ2v) is 6.20. The van der Waals surface area contributed by atoms with Crippen molar-refractivity contribution in [1.29, 1.82) is 0 Å². The van der Waals surface area contributed by atoms with E-state index in [1.807, 2.05) is 23.1 Å². The van der Waals surface area contributed by atoms with Crippen molar-refractivity contribution in [2.75, 3.05) is 11.9 Å². The number of aromatic nitrogens is 1. The number of rotatable bonds is 4. The highest BCUT2D eigenvalue weighted by Gasteiger charge is 2.32. The van der Waals surface area contributed by atoms with Gasteiger partial charge in [-0.2, -0.15) is 0 Å². The Morgan fingerprint density at radius 2 is 2.35 bits per heavy atom. The number of amides is 2. The van der Waals surface area contributed by atoms with Gasteiger partial charge < -0.3 is 14.7 Å². The molecule has 122 valence electrons. The molecule has 23 heavy (non-hydrogen) atoms. The minimum Gasteiger partial charge on any atom is -0.361 e. The van der Waals surface area contributed by atoms with Gasteiger partial charge in [0.25, 0.3) is 0 Å². The third-order valence-electron chi connectivity index (χ3n) is 4.00. The molecule has 0 spiro atoms. The van der Waals surface area contributed by atoms with Crippen molar-refractivity contribution in [1.82, 2.24) is 10.1 Å². The number of carbonyl (C=O) groups is 1. The number of benzene rings is 1. The highest BCUT2D eigenvalue weighted by molar-refractivity contribution is 6.30. The van der Waals surface area contributed by atoms with Gasteiger partial charge in [-0.25, -0.2) is 4.79 Å². The maximum atomic E-state index is 12.6. The number of halogens is 1. The number of nitrogens with one attached hydrogen (secondary N) is 1. The normalized spacial score (nSPS) is 17.5. The first-order valence-corrected chi connectivity index (χ1v) is 8.34. The summed E-state index contributed by atoms with van der Waals surface area (Å²) in [5.74, 6) is 0.879. The predicted octanol–water partition coefficient (Wildman–Crippen LogP) is 4.65. The van der Waals surface area contributed by atoms with E-state index in [4.69, 9.17) is 16.1 Å². The molecule has 6 heteroatoms. The number of likely N-dealkylation sites (tertiary alicyclic amines) is 1. The Kier molecular flexibility index (Phi) is 4.86. The average Bonchev–Trinajstić information content (AvgIpc) is 3.16. The molecule has 0 radical (unpaired) electrons.